The second-order valence-corrected chi connectivity index (χ2v) is 4.95. The highest BCUT2D eigenvalue weighted by atomic mass is 32.1. The van der Waals surface area contributed by atoms with E-state index in [1.807, 2.05) is 18.2 Å². The molecule has 3 N–H and O–H groups in total. The van der Waals surface area contributed by atoms with E-state index < -0.39 is 0 Å². The van der Waals surface area contributed by atoms with E-state index in [1.54, 1.807) is 6.20 Å². The molecule has 106 valence electrons. The lowest BCUT2D eigenvalue weighted by Crippen LogP contribution is -2.28. The molecule has 0 fully saturated rings. The number of hydrogen-bond acceptors (Lipinski definition) is 7. The third kappa shape index (κ3) is 3.80. The van der Waals surface area contributed by atoms with E-state index in [9.17, 15) is 4.79 Å². The van der Waals surface area contributed by atoms with Gasteiger partial charge in [0.2, 0.25) is 11.0 Å². The summed E-state index contributed by atoms with van der Waals surface area (Å²) in [5, 5.41) is 11.7. The highest BCUT2D eigenvalue weighted by molar-refractivity contribution is 7.18. The lowest BCUT2D eigenvalue weighted by Gasteiger charge is -2.11. The molecule has 2 heterocycles. The average molecular weight is 293 g/mol. The molecule has 1 atom stereocenters. The molecular weight excluding hydrogens is 278 g/mol. The van der Waals surface area contributed by atoms with Gasteiger partial charge in [-0.2, -0.15) is 0 Å². The van der Waals surface area contributed by atoms with Crippen molar-refractivity contribution >= 4 is 22.4 Å². The van der Waals surface area contributed by atoms with Gasteiger partial charge in [0.25, 0.3) is 0 Å². The molecule has 0 saturated heterocycles. The number of ether oxygens (including phenoxy) is 1. The monoisotopic (exact) mass is 293 g/mol. The van der Waals surface area contributed by atoms with E-state index in [1.165, 1.54) is 18.4 Å². The smallest absolute Gasteiger partial charge is 0.228 e. The molecule has 2 aromatic heterocycles. The quantitative estimate of drug-likeness (QED) is 0.820. The highest BCUT2D eigenvalue weighted by Crippen LogP contribution is 2.24. The van der Waals surface area contributed by atoms with E-state index in [0.29, 0.717) is 16.7 Å². The van der Waals surface area contributed by atoms with Crippen LogP contribution in [0.3, 0.4) is 0 Å². The van der Waals surface area contributed by atoms with Crippen molar-refractivity contribution in [1.82, 2.24) is 15.2 Å². The Morgan fingerprint density at radius 3 is 3.00 bits per heavy atom. The minimum absolute atomic E-state index is 0.186. The molecule has 0 spiro atoms. The van der Waals surface area contributed by atoms with Crippen molar-refractivity contribution in [2.24, 2.45) is 5.73 Å². The molecule has 0 aliphatic carbocycles. The van der Waals surface area contributed by atoms with Gasteiger partial charge >= 0.3 is 0 Å². The number of rotatable bonds is 6. The predicted molar refractivity (Wildman–Crippen MR) is 76.2 cm³/mol. The van der Waals surface area contributed by atoms with Crippen LogP contribution < -0.4 is 11.1 Å². The standard InChI is InChI=1S/C12H15N5O2S/c1-19-8(7-13)6-10(18)15-12-17-16-11(20-12)9-4-2-3-5-14-9/h2-5,8H,6-7,13H2,1H3,(H,15,17,18). The maximum Gasteiger partial charge on any atom is 0.228 e. The lowest BCUT2D eigenvalue weighted by atomic mass is 10.2. The molecule has 0 aliphatic rings. The van der Waals surface area contributed by atoms with Gasteiger partial charge in [-0.15, -0.1) is 10.2 Å². The zero-order valence-electron chi connectivity index (χ0n) is 10.9. The average Bonchev–Trinajstić information content (AvgIpc) is 2.94. The first-order valence-corrected chi connectivity index (χ1v) is 6.82. The topological polar surface area (TPSA) is 103 Å². The number of pyridine rings is 1. The molecule has 0 bridgehead atoms. The van der Waals surface area contributed by atoms with Crippen LogP contribution in [-0.2, 0) is 9.53 Å². The lowest BCUT2D eigenvalue weighted by molar-refractivity contribution is -0.118. The Bertz CT molecular complexity index is 556. The van der Waals surface area contributed by atoms with Gasteiger partial charge in [-0.1, -0.05) is 17.4 Å². The van der Waals surface area contributed by atoms with E-state index in [4.69, 9.17) is 10.5 Å². The van der Waals surface area contributed by atoms with Gasteiger partial charge in [0, 0.05) is 19.9 Å². The fourth-order valence-electron chi connectivity index (χ4n) is 1.51. The van der Waals surface area contributed by atoms with Crippen LogP contribution in [0.5, 0.6) is 0 Å². The molecule has 2 rings (SSSR count). The zero-order valence-corrected chi connectivity index (χ0v) is 11.8. The Hall–Kier alpha value is -1.90. The fourth-order valence-corrected chi connectivity index (χ4v) is 2.24. The van der Waals surface area contributed by atoms with Crippen LogP contribution in [0.1, 0.15) is 6.42 Å². The number of amides is 1. The van der Waals surface area contributed by atoms with Crippen molar-refractivity contribution in [2.75, 3.05) is 19.0 Å². The van der Waals surface area contributed by atoms with Crippen LogP contribution in [0.25, 0.3) is 10.7 Å². The van der Waals surface area contributed by atoms with Gasteiger partial charge in [-0.05, 0) is 12.1 Å². The van der Waals surface area contributed by atoms with Gasteiger partial charge in [0.05, 0.1) is 12.5 Å². The summed E-state index contributed by atoms with van der Waals surface area (Å²) < 4.78 is 5.05. The molecule has 2 aromatic rings. The van der Waals surface area contributed by atoms with Crippen molar-refractivity contribution in [3.8, 4) is 10.7 Å². The van der Waals surface area contributed by atoms with Gasteiger partial charge in [0.15, 0.2) is 5.01 Å². The molecule has 1 unspecified atom stereocenters. The van der Waals surface area contributed by atoms with Crippen LogP contribution in [0, 0.1) is 0 Å². The number of anilines is 1. The summed E-state index contributed by atoms with van der Waals surface area (Å²) in [5.74, 6) is -0.203. The molecule has 0 radical (unpaired) electrons. The Balaban J connectivity index is 1.98. The second kappa shape index (κ2) is 7.04. The minimum atomic E-state index is -0.293. The summed E-state index contributed by atoms with van der Waals surface area (Å²) in [6.07, 6.45) is 1.57. The van der Waals surface area contributed by atoms with E-state index in [-0.39, 0.29) is 18.4 Å². The molecular formula is C12H15N5O2S. The van der Waals surface area contributed by atoms with E-state index >= 15 is 0 Å². The maximum absolute atomic E-state index is 11.8. The van der Waals surface area contributed by atoms with Crippen LogP contribution in [0.15, 0.2) is 24.4 Å². The summed E-state index contributed by atoms with van der Waals surface area (Å²) in [7, 11) is 1.52. The number of carbonyl (C=O) groups is 1. The van der Waals surface area contributed by atoms with E-state index in [2.05, 4.69) is 20.5 Å². The van der Waals surface area contributed by atoms with Crippen LogP contribution in [0.2, 0.25) is 0 Å². The SMILES string of the molecule is COC(CN)CC(=O)Nc1nnc(-c2ccccn2)s1. The minimum Gasteiger partial charge on any atom is -0.380 e. The van der Waals surface area contributed by atoms with Gasteiger partial charge in [0.1, 0.15) is 5.69 Å². The Labute approximate surface area is 120 Å². The number of carbonyl (C=O) groups excluding carboxylic acids is 1. The number of hydrogen-bond donors (Lipinski definition) is 2. The van der Waals surface area contributed by atoms with Crippen LogP contribution in [-0.4, -0.2) is 40.8 Å². The summed E-state index contributed by atoms with van der Waals surface area (Å²) in [6, 6.07) is 5.53. The van der Waals surface area contributed by atoms with Crippen molar-refractivity contribution < 1.29 is 9.53 Å². The van der Waals surface area contributed by atoms with Crippen molar-refractivity contribution in [1.29, 1.82) is 0 Å². The number of nitrogens with two attached hydrogens (primary N) is 1. The molecule has 20 heavy (non-hydrogen) atoms. The zero-order chi connectivity index (χ0) is 14.4. The van der Waals surface area contributed by atoms with Gasteiger partial charge < -0.3 is 15.8 Å². The first kappa shape index (κ1) is 14.5. The Morgan fingerprint density at radius 2 is 2.35 bits per heavy atom. The summed E-state index contributed by atoms with van der Waals surface area (Å²) in [5.41, 5.74) is 6.19. The van der Waals surface area contributed by atoms with Crippen LogP contribution >= 0.6 is 11.3 Å². The first-order valence-electron chi connectivity index (χ1n) is 6.00. The van der Waals surface area contributed by atoms with Crippen molar-refractivity contribution in [3.05, 3.63) is 24.4 Å². The van der Waals surface area contributed by atoms with Crippen LogP contribution in [0.4, 0.5) is 5.13 Å². The highest BCUT2D eigenvalue weighted by Gasteiger charge is 2.14. The summed E-state index contributed by atoms with van der Waals surface area (Å²) >= 11 is 1.27. The molecule has 8 heteroatoms. The number of nitrogens with zero attached hydrogens (tertiary/aromatic N) is 3. The second-order valence-electron chi connectivity index (χ2n) is 3.97. The normalized spacial score (nSPS) is 12.1. The molecule has 0 aromatic carbocycles. The Morgan fingerprint density at radius 1 is 1.50 bits per heavy atom. The summed E-state index contributed by atoms with van der Waals surface area (Å²) in [6.45, 7) is 0.291. The first-order chi connectivity index (χ1) is 9.72. The molecule has 1 amide bonds. The number of aromatic nitrogens is 3. The maximum atomic E-state index is 11.8. The molecule has 0 saturated carbocycles. The number of nitrogens with one attached hydrogen (secondary N) is 1. The predicted octanol–water partition coefficient (Wildman–Crippen LogP) is 0.902. The molecule has 0 aliphatic heterocycles. The third-order valence-electron chi connectivity index (χ3n) is 2.56. The summed E-state index contributed by atoms with van der Waals surface area (Å²) in [4.78, 5) is 15.9. The number of methoxy groups -OCH3 is 1. The molecule has 7 nitrogen and oxygen atoms in total. The van der Waals surface area contributed by atoms with Gasteiger partial charge in [-0.3, -0.25) is 9.78 Å². The van der Waals surface area contributed by atoms with Crippen molar-refractivity contribution in [3.63, 3.8) is 0 Å². The Kier molecular flexibility index (Phi) is 5.10. The fraction of sp³-hybridized carbons (Fsp3) is 0.333. The van der Waals surface area contributed by atoms with Crippen molar-refractivity contribution in [2.45, 2.75) is 12.5 Å². The van der Waals surface area contributed by atoms with E-state index in [0.717, 1.165) is 5.69 Å². The third-order valence-corrected chi connectivity index (χ3v) is 3.43. The largest absolute Gasteiger partial charge is 0.380 e. The van der Waals surface area contributed by atoms with Gasteiger partial charge in [-0.25, -0.2) is 0 Å².